The molecule has 0 radical (unpaired) electrons. The first-order valence-electron chi connectivity index (χ1n) is 13.3. The number of hydrogen-bond donors (Lipinski definition) is 2. The molecule has 3 atom stereocenters. The van der Waals surface area contributed by atoms with Crippen molar-refractivity contribution in [1.82, 2.24) is 19.4 Å². The molecule has 2 aromatic rings. The highest BCUT2D eigenvalue weighted by Crippen LogP contribution is 2.35. The van der Waals surface area contributed by atoms with Gasteiger partial charge in [0.15, 0.2) is 0 Å². The van der Waals surface area contributed by atoms with Crippen LogP contribution in [0.15, 0.2) is 59.5 Å². The number of sulfonamides is 1. The fraction of sp³-hybridized carbons (Fsp3) is 0.464. The lowest BCUT2D eigenvalue weighted by atomic mass is 9.91. The Kier molecular flexibility index (Phi) is 8.77. The zero-order chi connectivity index (χ0) is 29.2. The third-order valence-corrected chi connectivity index (χ3v) is 9.26. The molecule has 2 aliphatic heterocycles. The average molecular weight is 591 g/mol. The van der Waals surface area contributed by atoms with Gasteiger partial charge in [-0.05, 0) is 50.6 Å². The summed E-state index contributed by atoms with van der Waals surface area (Å²) in [5.41, 5.74) is -1.10. The van der Waals surface area contributed by atoms with Crippen molar-refractivity contribution < 1.29 is 27.9 Å². The Morgan fingerprint density at radius 3 is 2.20 bits per heavy atom. The number of nitrogens with zero attached hydrogens (tertiary/aromatic N) is 3. The second-order valence-electron chi connectivity index (χ2n) is 10.8. The second kappa shape index (κ2) is 11.8. The third-order valence-electron chi connectivity index (χ3n) is 7.15. The van der Waals surface area contributed by atoms with Crippen LogP contribution in [0.25, 0.3) is 0 Å². The van der Waals surface area contributed by atoms with Gasteiger partial charge in [0.2, 0.25) is 15.9 Å². The number of amides is 3. The van der Waals surface area contributed by atoms with E-state index in [1.54, 1.807) is 47.4 Å². The number of fused-ring (bicyclic) bond motifs is 1. The topological polar surface area (TPSA) is 127 Å². The first-order valence-corrected chi connectivity index (χ1v) is 15.1. The van der Waals surface area contributed by atoms with Crippen molar-refractivity contribution in [2.24, 2.45) is 0 Å². The molecule has 0 aromatic heterocycles. The van der Waals surface area contributed by atoms with Crippen LogP contribution in [-0.2, 0) is 26.0 Å². The minimum absolute atomic E-state index is 0.00391. The highest BCUT2D eigenvalue weighted by Gasteiger charge is 2.58. The van der Waals surface area contributed by atoms with Crippen LogP contribution in [0.3, 0.4) is 0 Å². The third kappa shape index (κ3) is 6.26. The van der Waals surface area contributed by atoms with Crippen molar-refractivity contribution in [2.45, 2.75) is 75.1 Å². The van der Waals surface area contributed by atoms with Crippen LogP contribution in [-0.4, -0.2) is 82.4 Å². The number of nitrogens with one attached hydrogen (secondary N) is 1. The smallest absolute Gasteiger partial charge is 0.405 e. The predicted molar refractivity (Wildman–Crippen MR) is 150 cm³/mol. The summed E-state index contributed by atoms with van der Waals surface area (Å²) in [6.07, 6.45) is 2.09. The molecule has 0 bridgehead atoms. The molecule has 3 fully saturated rings. The van der Waals surface area contributed by atoms with Crippen LogP contribution in [0.1, 0.15) is 45.6 Å². The lowest BCUT2D eigenvalue weighted by molar-refractivity contribution is -0.172. The minimum atomic E-state index is -4.18. The van der Waals surface area contributed by atoms with Crippen molar-refractivity contribution in [3.63, 3.8) is 0 Å². The second-order valence-corrected chi connectivity index (χ2v) is 13.1. The molecule has 3 aliphatic rings. The molecule has 2 saturated heterocycles. The van der Waals surface area contributed by atoms with Crippen molar-refractivity contribution in [1.29, 1.82) is 0 Å². The first-order chi connectivity index (χ1) is 18.8. The summed E-state index contributed by atoms with van der Waals surface area (Å²) in [7, 11) is -4.18. The molecule has 40 heavy (non-hydrogen) atoms. The van der Waals surface area contributed by atoms with Crippen LogP contribution >= 0.6 is 11.6 Å². The summed E-state index contributed by atoms with van der Waals surface area (Å²) in [6.45, 7) is 4.51. The summed E-state index contributed by atoms with van der Waals surface area (Å²) in [6, 6.07) is 13.2. The lowest BCUT2D eigenvalue weighted by Gasteiger charge is -2.56. The van der Waals surface area contributed by atoms with Crippen molar-refractivity contribution in [2.75, 3.05) is 13.1 Å². The molecular weight excluding hydrogens is 556 g/mol. The summed E-state index contributed by atoms with van der Waals surface area (Å²) < 4.78 is 28.9. The Morgan fingerprint density at radius 1 is 1.07 bits per heavy atom. The van der Waals surface area contributed by atoms with Crippen LogP contribution in [0.4, 0.5) is 4.79 Å². The van der Waals surface area contributed by atoms with Gasteiger partial charge in [0.25, 0.3) is 5.91 Å². The maximum Gasteiger partial charge on any atom is 0.405 e. The molecule has 5 rings (SSSR count). The van der Waals surface area contributed by atoms with Gasteiger partial charge in [0.1, 0.15) is 17.7 Å². The Hall–Kier alpha value is -3.15. The Labute approximate surface area is 239 Å². The highest BCUT2D eigenvalue weighted by molar-refractivity contribution is 7.89. The quantitative estimate of drug-likeness (QED) is 0.530. The van der Waals surface area contributed by atoms with E-state index in [0.29, 0.717) is 5.02 Å². The monoisotopic (exact) mass is 590 g/mol. The van der Waals surface area contributed by atoms with Crippen LogP contribution in [0.2, 0.25) is 5.02 Å². The summed E-state index contributed by atoms with van der Waals surface area (Å²) in [4.78, 5) is 42.1. The van der Waals surface area contributed by atoms with E-state index in [-0.39, 0.29) is 29.8 Å². The van der Waals surface area contributed by atoms with E-state index in [2.05, 4.69) is 5.32 Å². The van der Waals surface area contributed by atoms with E-state index >= 15 is 0 Å². The van der Waals surface area contributed by atoms with Crippen LogP contribution in [0, 0.1) is 0 Å². The zero-order valence-electron chi connectivity index (χ0n) is 22.8. The molecule has 3 unspecified atom stereocenters. The maximum atomic E-state index is 13.9. The Bertz CT molecular complexity index is 1350. The van der Waals surface area contributed by atoms with E-state index in [0.717, 1.165) is 9.87 Å². The number of halogens is 1. The fourth-order valence-electron chi connectivity index (χ4n) is 4.95. The van der Waals surface area contributed by atoms with Crippen molar-refractivity contribution in [3.05, 3.63) is 65.2 Å². The van der Waals surface area contributed by atoms with Gasteiger partial charge >= 0.3 is 6.09 Å². The molecule has 3 amide bonds. The molecule has 12 heteroatoms. The number of carboxylic acid groups (broad SMARTS) is 1. The molecule has 1 aliphatic carbocycles. The van der Waals surface area contributed by atoms with Gasteiger partial charge < -0.3 is 20.2 Å². The van der Waals surface area contributed by atoms with E-state index in [4.69, 9.17) is 11.6 Å². The van der Waals surface area contributed by atoms with E-state index in [9.17, 15) is 27.9 Å². The zero-order valence-corrected chi connectivity index (χ0v) is 24.4. The number of carbonyl (C=O) groups excluding carboxylic acids is 2. The number of hydrogen-bond acceptors (Lipinski definition) is 5. The molecule has 2 heterocycles. The molecule has 2 aromatic carbocycles. The average Bonchev–Trinajstić information content (AvgIpc) is 3.78. The van der Waals surface area contributed by atoms with Gasteiger partial charge in [0.05, 0.1) is 11.4 Å². The Morgan fingerprint density at radius 2 is 1.68 bits per heavy atom. The van der Waals surface area contributed by atoms with Crippen LogP contribution in [0.5, 0.6) is 0 Å². The number of benzene rings is 2. The summed E-state index contributed by atoms with van der Waals surface area (Å²) >= 11 is 6.02. The number of rotatable bonds is 6. The highest BCUT2D eigenvalue weighted by atomic mass is 35.5. The molecule has 216 valence electrons. The maximum absolute atomic E-state index is 13.9. The molecule has 0 spiro atoms. The van der Waals surface area contributed by atoms with Crippen molar-refractivity contribution in [3.8, 4) is 0 Å². The minimum Gasteiger partial charge on any atom is -0.465 e. The number of carbonyl (C=O) groups is 3. The van der Waals surface area contributed by atoms with Gasteiger partial charge in [0, 0.05) is 24.0 Å². The van der Waals surface area contributed by atoms with Crippen molar-refractivity contribution >= 4 is 39.5 Å². The van der Waals surface area contributed by atoms with Gasteiger partial charge in [-0.1, -0.05) is 61.2 Å². The largest absolute Gasteiger partial charge is 0.465 e. The standard InChI is InChI=1S/C25H29ClN4O6S.C3H6/c1-16(2)28-14-21-29(37(35,36)19-7-5-4-6-8-19)15-25(3,27-24(33)34)23(32)30(21)20(22(28)31)13-17-9-11-18(26)12-10-17;1-2-3-1/h4-12,16,20-21,27H,13-15H2,1-3H3,(H,33,34);1-3H2. The summed E-state index contributed by atoms with van der Waals surface area (Å²) in [5, 5.41) is 12.2. The normalized spacial score (nSPS) is 24.7. The Balaban J connectivity index is 0.00000115. The molecule has 1 saturated carbocycles. The fourth-order valence-corrected chi connectivity index (χ4v) is 6.76. The van der Waals surface area contributed by atoms with E-state index in [1.807, 2.05) is 13.8 Å². The SMILES string of the molecule is C1CC1.CC(C)N1CC2N(C(=O)C(C)(NC(=O)O)CN2S(=O)(=O)c2ccccc2)C(Cc2ccc(Cl)cc2)C1=O. The van der Waals surface area contributed by atoms with Gasteiger partial charge in [-0.15, -0.1) is 0 Å². The molecule has 10 nitrogen and oxygen atoms in total. The summed E-state index contributed by atoms with van der Waals surface area (Å²) in [5.74, 6) is -0.999. The van der Waals surface area contributed by atoms with Gasteiger partial charge in [-0.25, -0.2) is 13.2 Å². The molecular formula is C28H35ClN4O6S. The van der Waals surface area contributed by atoms with Crippen LogP contribution < -0.4 is 5.32 Å². The van der Waals surface area contributed by atoms with Gasteiger partial charge in [-0.2, -0.15) is 4.31 Å². The van der Waals surface area contributed by atoms with E-state index in [1.165, 1.54) is 43.2 Å². The van der Waals surface area contributed by atoms with E-state index < -0.39 is 46.3 Å². The lowest BCUT2D eigenvalue weighted by Crippen LogP contribution is -2.79. The molecule has 2 N–H and O–H groups in total. The first kappa shape index (κ1) is 29.8. The van der Waals surface area contributed by atoms with Gasteiger partial charge in [-0.3, -0.25) is 9.59 Å². The number of piperazine rings is 1. The predicted octanol–water partition coefficient (Wildman–Crippen LogP) is 3.56.